The van der Waals surface area contributed by atoms with Gasteiger partial charge in [-0.2, -0.15) is 5.10 Å². The average Bonchev–Trinajstić information content (AvgIpc) is 3.02. The minimum atomic E-state index is -0.640. The lowest BCUT2D eigenvalue weighted by Crippen LogP contribution is -2.21. The predicted octanol–water partition coefficient (Wildman–Crippen LogP) is 2.77. The fraction of sp³-hybridized carbons (Fsp3) is 0.412. The Morgan fingerprint density at radius 2 is 2.29 bits per heavy atom. The normalized spacial score (nSPS) is 26.6. The second-order valence-corrected chi connectivity index (χ2v) is 6.38. The number of carboxylic acid groups (broad SMARTS) is 1. The number of aryl methyl sites for hydroxylation is 2. The molecule has 1 fully saturated rings. The third kappa shape index (κ3) is 1.82. The first-order chi connectivity index (χ1) is 10.1. The zero-order valence-corrected chi connectivity index (χ0v) is 12.0. The summed E-state index contributed by atoms with van der Waals surface area (Å²) in [6.45, 7) is 0. The largest absolute Gasteiger partial charge is 0.481 e. The van der Waals surface area contributed by atoms with Crippen LogP contribution in [0, 0.1) is 5.92 Å². The standard InChI is InChI=1S/C17H18N2O2/c1-19-10-13(9-18-19)11-4-5-14-12(7-11)3-2-6-17(14)8-15(17)16(20)21/h4-5,7,9-10,15H,2-3,6,8H2,1H3,(H,20,21). The number of hydrogen-bond acceptors (Lipinski definition) is 2. The van der Waals surface area contributed by atoms with Crippen LogP contribution in [0.1, 0.15) is 30.4 Å². The number of nitrogens with zero attached hydrogens (tertiary/aromatic N) is 2. The minimum Gasteiger partial charge on any atom is -0.481 e. The van der Waals surface area contributed by atoms with Crippen molar-refractivity contribution in [2.45, 2.75) is 31.1 Å². The van der Waals surface area contributed by atoms with Gasteiger partial charge >= 0.3 is 5.97 Å². The summed E-state index contributed by atoms with van der Waals surface area (Å²) in [6.07, 6.45) is 7.85. The number of carboxylic acids is 1. The highest BCUT2D eigenvalue weighted by Gasteiger charge is 2.60. The molecule has 0 radical (unpaired) electrons. The van der Waals surface area contributed by atoms with E-state index in [0.717, 1.165) is 31.2 Å². The Balaban J connectivity index is 1.75. The lowest BCUT2D eigenvalue weighted by atomic mass is 9.78. The Labute approximate surface area is 123 Å². The molecule has 1 heterocycles. The van der Waals surface area contributed by atoms with Crippen LogP contribution >= 0.6 is 0 Å². The van der Waals surface area contributed by atoms with Crippen molar-refractivity contribution < 1.29 is 9.90 Å². The number of carbonyl (C=O) groups is 1. The highest BCUT2D eigenvalue weighted by atomic mass is 16.4. The SMILES string of the molecule is Cn1cc(-c2ccc3c(c2)CCCC32CC2C(=O)O)cn1. The third-order valence-corrected chi connectivity index (χ3v) is 5.12. The summed E-state index contributed by atoms with van der Waals surface area (Å²) >= 11 is 0. The molecular formula is C17H18N2O2. The molecule has 21 heavy (non-hydrogen) atoms. The molecule has 0 saturated heterocycles. The first-order valence-electron chi connectivity index (χ1n) is 7.45. The van der Waals surface area contributed by atoms with Crippen LogP contribution in [-0.2, 0) is 23.7 Å². The van der Waals surface area contributed by atoms with E-state index in [4.69, 9.17) is 0 Å². The Bertz CT molecular complexity index is 734. The Morgan fingerprint density at radius 1 is 1.43 bits per heavy atom. The van der Waals surface area contributed by atoms with E-state index in [1.165, 1.54) is 16.7 Å². The first-order valence-corrected chi connectivity index (χ1v) is 7.45. The number of aromatic nitrogens is 2. The number of rotatable bonds is 2. The van der Waals surface area contributed by atoms with E-state index in [1.54, 1.807) is 4.68 Å². The molecule has 4 rings (SSSR count). The van der Waals surface area contributed by atoms with Crippen LogP contribution in [0.2, 0.25) is 0 Å². The van der Waals surface area contributed by atoms with Crippen molar-refractivity contribution in [3.8, 4) is 11.1 Å². The summed E-state index contributed by atoms with van der Waals surface area (Å²) in [5, 5.41) is 13.5. The van der Waals surface area contributed by atoms with Gasteiger partial charge in [-0.3, -0.25) is 9.48 Å². The van der Waals surface area contributed by atoms with Crippen molar-refractivity contribution in [1.82, 2.24) is 9.78 Å². The molecule has 1 aromatic heterocycles. The zero-order valence-electron chi connectivity index (χ0n) is 12.0. The van der Waals surface area contributed by atoms with Gasteiger partial charge in [-0.05, 0) is 42.4 Å². The molecule has 1 aromatic carbocycles. The highest BCUT2D eigenvalue weighted by molar-refractivity contribution is 5.78. The van der Waals surface area contributed by atoms with Crippen molar-refractivity contribution >= 4 is 5.97 Å². The Morgan fingerprint density at radius 3 is 2.95 bits per heavy atom. The van der Waals surface area contributed by atoms with Gasteiger partial charge < -0.3 is 5.11 Å². The van der Waals surface area contributed by atoms with Gasteiger partial charge in [-0.15, -0.1) is 0 Å². The maximum Gasteiger partial charge on any atom is 0.307 e. The lowest BCUT2D eigenvalue weighted by molar-refractivity contribution is -0.139. The van der Waals surface area contributed by atoms with E-state index in [1.807, 2.05) is 19.4 Å². The average molecular weight is 282 g/mol. The number of benzene rings is 1. The fourth-order valence-electron chi connectivity index (χ4n) is 3.97. The molecule has 108 valence electrons. The molecule has 1 N–H and O–H groups in total. The molecule has 4 heteroatoms. The van der Waals surface area contributed by atoms with Gasteiger partial charge in [0.1, 0.15) is 0 Å². The Hall–Kier alpha value is -2.10. The van der Waals surface area contributed by atoms with Crippen molar-refractivity contribution in [2.24, 2.45) is 13.0 Å². The van der Waals surface area contributed by atoms with Gasteiger partial charge in [0.25, 0.3) is 0 Å². The quantitative estimate of drug-likeness (QED) is 0.921. The zero-order chi connectivity index (χ0) is 14.6. The molecule has 1 saturated carbocycles. The van der Waals surface area contributed by atoms with E-state index < -0.39 is 5.97 Å². The second-order valence-electron chi connectivity index (χ2n) is 6.38. The van der Waals surface area contributed by atoms with Gasteiger partial charge in [0.2, 0.25) is 0 Å². The number of fused-ring (bicyclic) bond motifs is 2. The lowest BCUT2D eigenvalue weighted by Gasteiger charge is -2.26. The molecule has 1 spiro atoms. The summed E-state index contributed by atoms with van der Waals surface area (Å²) in [7, 11) is 1.92. The van der Waals surface area contributed by atoms with Crippen molar-refractivity contribution in [3.63, 3.8) is 0 Å². The third-order valence-electron chi connectivity index (χ3n) is 5.12. The van der Waals surface area contributed by atoms with Crippen LogP contribution in [0.15, 0.2) is 30.6 Å². The van der Waals surface area contributed by atoms with Crippen molar-refractivity contribution in [1.29, 1.82) is 0 Å². The van der Waals surface area contributed by atoms with Crippen LogP contribution in [0.3, 0.4) is 0 Å². The topological polar surface area (TPSA) is 55.1 Å². The van der Waals surface area contributed by atoms with Crippen LogP contribution in [0.4, 0.5) is 0 Å². The van der Waals surface area contributed by atoms with Gasteiger partial charge in [0.05, 0.1) is 12.1 Å². The molecule has 4 nitrogen and oxygen atoms in total. The van der Waals surface area contributed by atoms with E-state index >= 15 is 0 Å². The van der Waals surface area contributed by atoms with Gasteiger partial charge in [-0.1, -0.05) is 18.2 Å². The van der Waals surface area contributed by atoms with Crippen LogP contribution < -0.4 is 0 Å². The second kappa shape index (κ2) is 4.20. The van der Waals surface area contributed by atoms with E-state index in [0.29, 0.717) is 0 Å². The van der Waals surface area contributed by atoms with E-state index in [9.17, 15) is 9.90 Å². The fourth-order valence-corrected chi connectivity index (χ4v) is 3.97. The summed E-state index contributed by atoms with van der Waals surface area (Å²) in [5.74, 6) is -0.819. The van der Waals surface area contributed by atoms with Gasteiger partial charge in [0, 0.05) is 24.2 Å². The van der Waals surface area contributed by atoms with Gasteiger partial charge in [-0.25, -0.2) is 0 Å². The van der Waals surface area contributed by atoms with E-state index in [-0.39, 0.29) is 11.3 Å². The van der Waals surface area contributed by atoms with Crippen molar-refractivity contribution in [3.05, 3.63) is 41.7 Å². The summed E-state index contributed by atoms with van der Waals surface area (Å²) < 4.78 is 1.80. The van der Waals surface area contributed by atoms with Crippen LogP contribution in [0.5, 0.6) is 0 Å². The maximum atomic E-state index is 11.3. The van der Waals surface area contributed by atoms with E-state index in [2.05, 4.69) is 23.3 Å². The summed E-state index contributed by atoms with van der Waals surface area (Å²) in [5.41, 5.74) is 4.81. The molecule has 2 unspecified atom stereocenters. The maximum absolute atomic E-state index is 11.3. The van der Waals surface area contributed by atoms with Gasteiger partial charge in [0.15, 0.2) is 0 Å². The molecule has 2 aliphatic rings. The number of aliphatic carboxylic acids is 1. The minimum absolute atomic E-state index is 0.0765. The summed E-state index contributed by atoms with van der Waals surface area (Å²) in [4.78, 5) is 11.3. The smallest absolute Gasteiger partial charge is 0.307 e. The van der Waals surface area contributed by atoms with Crippen LogP contribution in [-0.4, -0.2) is 20.9 Å². The predicted molar refractivity (Wildman–Crippen MR) is 79.0 cm³/mol. The Kier molecular flexibility index (Phi) is 2.52. The highest BCUT2D eigenvalue weighted by Crippen LogP contribution is 2.60. The first kappa shape index (κ1) is 12.6. The molecular weight excluding hydrogens is 264 g/mol. The van der Waals surface area contributed by atoms with Crippen molar-refractivity contribution in [2.75, 3.05) is 0 Å². The summed E-state index contributed by atoms with van der Waals surface area (Å²) in [6, 6.07) is 6.49. The molecule has 2 aliphatic carbocycles. The molecule has 0 aliphatic heterocycles. The number of hydrogen-bond donors (Lipinski definition) is 1. The molecule has 2 aromatic rings. The monoisotopic (exact) mass is 282 g/mol. The molecule has 0 bridgehead atoms. The van der Waals surface area contributed by atoms with Crippen LogP contribution in [0.25, 0.3) is 11.1 Å². The molecule has 2 atom stereocenters. The molecule has 0 amide bonds.